The molecular formula is C27H33N5O. The second-order valence-corrected chi connectivity index (χ2v) is 9.48. The van der Waals surface area contributed by atoms with Crippen molar-refractivity contribution in [2.75, 3.05) is 24.5 Å². The number of anilines is 1. The Morgan fingerprint density at radius 3 is 2.58 bits per heavy atom. The van der Waals surface area contributed by atoms with Gasteiger partial charge in [0.15, 0.2) is 11.4 Å². The molecule has 0 N–H and O–H groups in total. The van der Waals surface area contributed by atoms with E-state index in [0.717, 1.165) is 35.7 Å². The van der Waals surface area contributed by atoms with Crippen LogP contribution < -0.4 is 4.90 Å². The second kappa shape index (κ2) is 8.41. The fraction of sp³-hybridized carbons (Fsp3) is 0.444. The lowest BCUT2D eigenvalue weighted by Crippen LogP contribution is -2.46. The van der Waals surface area contributed by atoms with Gasteiger partial charge in [-0.3, -0.25) is 14.7 Å². The van der Waals surface area contributed by atoms with Gasteiger partial charge in [-0.05, 0) is 63.1 Å². The summed E-state index contributed by atoms with van der Waals surface area (Å²) in [5.74, 6) is 0.0979. The number of aromatic nitrogens is 3. The van der Waals surface area contributed by atoms with E-state index < -0.39 is 0 Å². The number of nitrogens with zero attached hydrogens (tertiary/aromatic N) is 5. The average molecular weight is 444 g/mol. The maximum absolute atomic E-state index is 12.9. The molecule has 2 atom stereocenters. The van der Waals surface area contributed by atoms with E-state index in [1.165, 1.54) is 24.2 Å². The maximum Gasteiger partial charge on any atom is 0.164 e. The highest BCUT2D eigenvalue weighted by molar-refractivity contribution is 6.24. The lowest BCUT2D eigenvalue weighted by Gasteiger charge is -2.35. The summed E-state index contributed by atoms with van der Waals surface area (Å²) in [5, 5.41) is 0. The van der Waals surface area contributed by atoms with E-state index in [2.05, 4.69) is 46.8 Å². The number of rotatable bonds is 6. The number of Topliss-reactive ketones (excluding diaryl/α,β-unsaturated/α-hetero) is 1. The summed E-state index contributed by atoms with van der Waals surface area (Å²) in [7, 11) is 0. The first-order valence-electron chi connectivity index (χ1n) is 12.1. The van der Waals surface area contributed by atoms with Crippen LogP contribution in [0.4, 0.5) is 5.69 Å². The number of benzene rings is 1. The predicted molar refractivity (Wildman–Crippen MR) is 134 cm³/mol. The van der Waals surface area contributed by atoms with Gasteiger partial charge in [0.1, 0.15) is 0 Å². The van der Waals surface area contributed by atoms with E-state index in [1.54, 1.807) is 0 Å². The third-order valence-electron chi connectivity index (χ3n) is 7.27. The SMILES string of the molecule is CCC(=O)/C(=C\c1ccc(N2C[C@@H]3C[C@H]2CN3CC)cc1C)c1cn2cc(C)nc(C)c2n1. The average Bonchev–Trinajstić information content (AvgIpc) is 3.51. The Balaban J connectivity index is 1.48. The summed E-state index contributed by atoms with van der Waals surface area (Å²) in [5.41, 5.74) is 7.50. The molecule has 2 saturated heterocycles. The van der Waals surface area contributed by atoms with Crippen LogP contribution in [-0.4, -0.2) is 56.8 Å². The number of ketones is 1. The topological polar surface area (TPSA) is 53.7 Å². The fourth-order valence-corrected chi connectivity index (χ4v) is 5.53. The van der Waals surface area contributed by atoms with Crippen LogP contribution in [0.5, 0.6) is 0 Å². The molecule has 3 aromatic rings. The number of likely N-dealkylation sites (N-methyl/N-ethyl adjacent to an activating group) is 1. The van der Waals surface area contributed by atoms with Crippen LogP contribution in [0.1, 0.15) is 54.9 Å². The predicted octanol–water partition coefficient (Wildman–Crippen LogP) is 4.46. The smallest absolute Gasteiger partial charge is 0.164 e. The Kier molecular flexibility index (Phi) is 5.57. The Bertz CT molecular complexity index is 1260. The van der Waals surface area contributed by atoms with Crippen molar-refractivity contribution in [2.24, 2.45) is 0 Å². The fourth-order valence-electron chi connectivity index (χ4n) is 5.53. The van der Waals surface area contributed by atoms with Gasteiger partial charge in [0.25, 0.3) is 0 Å². The van der Waals surface area contributed by atoms with Crippen LogP contribution in [0.25, 0.3) is 17.3 Å². The maximum atomic E-state index is 12.9. The number of aryl methyl sites for hydroxylation is 3. The third-order valence-corrected chi connectivity index (χ3v) is 7.27. The molecule has 6 nitrogen and oxygen atoms in total. The number of piperazine rings is 1. The Hall–Kier alpha value is -2.99. The van der Waals surface area contributed by atoms with Crippen LogP contribution in [0.3, 0.4) is 0 Å². The molecule has 0 spiro atoms. The summed E-state index contributed by atoms with van der Waals surface area (Å²) in [6.45, 7) is 13.6. The number of likely N-dealkylation sites (tertiary alicyclic amines) is 1. The Morgan fingerprint density at radius 1 is 1.09 bits per heavy atom. The molecule has 2 aromatic heterocycles. The van der Waals surface area contributed by atoms with Crippen molar-refractivity contribution < 1.29 is 4.79 Å². The first-order chi connectivity index (χ1) is 15.9. The van der Waals surface area contributed by atoms with Crippen LogP contribution in [0, 0.1) is 20.8 Å². The van der Waals surface area contributed by atoms with Crippen LogP contribution in [0.15, 0.2) is 30.6 Å². The molecule has 2 aliphatic heterocycles. The highest BCUT2D eigenvalue weighted by atomic mass is 16.1. The molecule has 2 aliphatic rings. The van der Waals surface area contributed by atoms with Crippen molar-refractivity contribution >= 4 is 28.8 Å². The van der Waals surface area contributed by atoms with Gasteiger partial charge in [-0.1, -0.05) is 19.9 Å². The van der Waals surface area contributed by atoms with Gasteiger partial charge < -0.3 is 9.30 Å². The standard InChI is InChI=1S/C27H33N5O/c1-6-26(33)24(25-16-31-13-18(4)28-19(5)27(31)29-25)11-20-8-9-21(10-17(20)3)32-15-22-12-23(32)14-30(22)7-2/h8-11,13,16,22-23H,6-7,12,14-15H2,1-5H3/b24-11-/t22-,23-/m0/s1. The van der Waals surface area contributed by atoms with Gasteiger partial charge in [0.05, 0.1) is 17.1 Å². The number of hydrogen-bond acceptors (Lipinski definition) is 5. The molecule has 0 unspecified atom stereocenters. The Morgan fingerprint density at radius 2 is 1.91 bits per heavy atom. The zero-order chi connectivity index (χ0) is 23.3. The van der Waals surface area contributed by atoms with Crippen molar-refractivity contribution in [1.29, 1.82) is 0 Å². The number of fused-ring (bicyclic) bond motifs is 3. The van der Waals surface area contributed by atoms with Crippen molar-refractivity contribution in [3.05, 3.63) is 58.8 Å². The number of hydrogen-bond donors (Lipinski definition) is 0. The minimum absolute atomic E-state index is 0.0979. The minimum Gasteiger partial charge on any atom is -0.366 e. The summed E-state index contributed by atoms with van der Waals surface area (Å²) in [6.07, 6.45) is 7.62. The molecule has 2 fully saturated rings. The number of allylic oxidation sites excluding steroid dienone is 1. The summed E-state index contributed by atoms with van der Waals surface area (Å²) in [6, 6.07) is 7.95. The monoisotopic (exact) mass is 443 g/mol. The lowest BCUT2D eigenvalue weighted by molar-refractivity contribution is -0.113. The second-order valence-electron chi connectivity index (χ2n) is 9.48. The molecule has 4 heterocycles. The summed E-state index contributed by atoms with van der Waals surface area (Å²) >= 11 is 0. The van der Waals surface area contributed by atoms with E-state index >= 15 is 0 Å². The molecule has 0 saturated carbocycles. The largest absolute Gasteiger partial charge is 0.366 e. The molecule has 0 aliphatic carbocycles. The number of imidazole rings is 1. The molecule has 172 valence electrons. The molecule has 5 rings (SSSR count). The minimum atomic E-state index is 0.0979. The molecule has 6 heteroatoms. The number of carbonyl (C=O) groups excluding carboxylic acids is 1. The first kappa shape index (κ1) is 21.8. The summed E-state index contributed by atoms with van der Waals surface area (Å²) < 4.78 is 1.97. The molecular weight excluding hydrogens is 410 g/mol. The van der Waals surface area contributed by atoms with Crippen LogP contribution >= 0.6 is 0 Å². The summed E-state index contributed by atoms with van der Waals surface area (Å²) in [4.78, 5) is 27.4. The number of carbonyl (C=O) groups is 1. The quantitative estimate of drug-likeness (QED) is 0.527. The van der Waals surface area contributed by atoms with Gasteiger partial charge in [-0.15, -0.1) is 0 Å². The van der Waals surface area contributed by atoms with Crippen molar-refractivity contribution in [3.8, 4) is 0 Å². The van der Waals surface area contributed by atoms with Gasteiger partial charge in [-0.2, -0.15) is 0 Å². The lowest BCUT2D eigenvalue weighted by atomic mass is 9.99. The highest BCUT2D eigenvalue weighted by Gasteiger charge is 2.42. The zero-order valence-corrected chi connectivity index (χ0v) is 20.3. The normalized spacial score (nSPS) is 20.9. The van der Waals surface area contributed by atoms with E-state index in [9.17, 15) is 4.79 Å². The Labute approximate surface area is 196 Å². The molecule has 2 bridgehead atoms. The zero-order valence-electron chi connectivity index (χ0n) is 20.3. The van der Waals surface area contributed by atoms with E-state index in [1.807, 2.05) is 43.6 Å². The van der Waals surface area contributed by atoms with Crippen molar-refractivity contribution in [1.82, 2.24) is 19.3 Å². The van der Waals surface area contributed by atoms with Gasteiger partial charge in [-0.25, -0.2) is 4.98 Å². The van der Waals surface area contributed by atoms with Crippen LogP contribution in [0.2, 0.25) is 0 Å². The van der Waals surface area contributed by atoms with Crippen molar-refractivity contribution in [2.45, 2.75) is 59.5 Å². The van der Waals surface area contributed by atoms with E-state index in [0.29, 0.717) is 29.8 Å². The van der Waals surface area contributed by atoms with Crippen LogP contribution in [-0.2, 0) is 4.79 Å². The van der Waals surface area contributed by atoms with E-state index in [4.69, 9.17) is 4.98 Å². The van der Waals surface area contributed by atoms with Gasteiger partial charge in [0.2, 0.25) is 0 Å². The third kappa shape index (κ3) is 3.86. The molecule has 0 radical (unpaired) electrons. The van der Waals surface area contributed by atoms with Crippen molar-refractivity contribution in [3.63, 3.8) is 0 Å². The van der Waals surface area contributed by atoms with Gasteiger partial charge >= 0.3 is 0 Å². The molecule has 1 aromatic carbocycles. The molecule has 33 heavy (non-hydrogen) atoms. The first-order valence-corrected chi connectivity index (χ1v) is 12.1. The molecule has 0 amide bonds. The highest BCUT2D eigenvalue weighted by Crippen LogP contribution is 2.35. The van der Waals surface area contributed by atoms with E-state index in [-0.39, 0.29) is 5.78 Å². The van der Waals surface area contributed by atoms with Gasteiger partial charge in [0, 0.05) is 55.2 Å².